The zero-order valence-corrected chi connectivity index (χ0v) is 16.2. The molecule has 140 valence electrons. The first kappa shape index (κ1) is 19.9. The minimum Gasteiger partial charge on any atom is -0.496 e. The fourth-order valence-electron chi connectivity index (χ4n) is 2.75. The number of nitrogens with one attached hydrogen (secondary N) is 1. The third-order valence-electron chi connectivity index (χ3n) is 4.21. The molecule has 2 aromatic rings. The number of amides is 1. The molecule has 26 heavy (non-hydrogen) atoms. The lowest BCUT2D eigenvalue weighted by atomic mass is 10.0. The third-order valence-corrected chi connectivity index (χ3v) is 5.47. The predicted octanol–water partition coefficient (Wildman–Crippen LogP) is 2.51. The van der Waals surface area contributed by atoms with E-state index in [0.717, 1.165) is 16.1 Å². The summed E-state index contributed by atoms with van der Waals surface area (Å²) >= 11 is 0. The van der Waals surface area contributed by atoms with Gasteiger partial charge in [-0.25, -0.2) is 8.42 Å². The number of nitrogens with zero attached hydrogens (tertiary/aromatic N) is 1. The van der Waals surface area contributed by atoms with Gasteiger partial charge in [0, 0.05) is 12.6 Å². The van der Waals surface area contributed by atoms with Gasteiger partial charge in [0.15, 0.2) is 0 Å². The average molecular weight is 376 g/mol. The van der Waals surface area contributed by atoms with E-state index in [0.29, 0.717) is 11.3 Å². The molecule has 0 aliphatic rings. The maximum absolute atomic E-state index is 13.0. The van der Waals surface area contributed by atoms with Crippen molar-refractivity contribution in [2.24, 2.45) is 0 Å². The molecule has 2 aromatic carbocycles. The van der Waals surface area contributed by atoms with Crippen LogP contribution in [0, 0.1) is 0 Å². The van der Waals surface area contributed by atoms with Gasteiger partial charge in [-0.05, 0) is 18.6 Å². The highest BCUT2D eigenvalue weighted by Crippen LogP contribution is 2.27. The van der Waals surface area contributed by atoms with E-state index in [1.807, 2.05) is 37.3 Å². The van der Waals surface area contributed by atoms with Gasteiger partial charge in [-0.3, -0.25) is 4.79 Å². The van der Waals surface area contributed by atoms with Crippen LogP contribution in [-0.2, 0) is 14.8 Å². The number of hydrogen-bond acceptors (Lipinski definition) is 4. The Bertz CT molecular complexity index is 853. The van der Waals surface area contributed by atoms with Crippen molar-refractivity contribution in [3.63, 3.8) is 0 Å². The molecule has 0 spiro atoms. The van der Waals surface area contributed by atoms with Crippen molar-refractivity contribution in [1.82, 2.24) is 9.62 Å². The monoisotopic (exact) mass is 376 g/mol. The average Bonchev–Trinajstić information content (AvgIpc) is 2.61. The molecule has 0 unspecified atom stereocenters. The quantitative estimate of drug-likeness (QED) is 0.806. The van der Waals surface area contributed by atoms with Gasteiger partial charge in [0.2, 0.25) is 15.9 Å². The smallest absolute Gasteiger partial charge is 0.243 e. The van der Waals surface area contributed by atoms with E-state index in [1.54, 1.807) is 31.4 Å². The highest BCUT2D eigenvalue weighted by Gasteiger charge is 2.31. The second-order valence-electron chi connectivity index (χ2n) is 6.06. The SMILES string of the molecule is COc1ccccc1[C@@H](C)NC(=O)[C@@H](c1ccccc1)N(C)S(C)(=O)=O. The second kappa shape index (κ2) is 8.33. The van der Waals surface area contributed by atoms with Gasteiger partial charge in [-0.2, -0.15) is 4.31 Å². The molecular weight excluding hydrogens is 352 g/mol. The maximum Gasteiger partial charge on any atom is 0.243 e. The topological polar surface area (TPSA) is 75.7 Å². The first-order valence-corrected chi connectivity index (χ1v) is 10.0. The fourth-order valence-corrected chi connectivity index (χ4v) is 3.35. The summed E-state index contributed by atoms with van der Waals surface area (Å²) in [5, 5.41) is 2.90. The van der Waals surface area contributed by atoms with Crippen LogP contribution >= 0.6 is 0 Å². The summed E-state index contributed by atoms with van der Waals surface area (Å²) in [5.74, 6) is 0.260. The summed E-state index contributed by atoms with van der Waals surface area (Å²) < 4.78 is 30.5. The Labute approximate surface area is 154 Å². The molecule has 7 heteroatoms. The molecule has 0 saturated carbocycles. The number of methoxy groups -OCH3 is 1. The first-order valence-electron chi connectivity index (χ1n) is 8.17. The van der Waals surface area contributed by atoms with Crippen LogP contribution in [0.1, 0.15) is 30.1 Å². The van der Waals surface area contributed by atoms with Crippen molar-refractivity contribution in [1.29, 1.82) is 0 Å². The van der Waals surface area contributed by atoms with Gasteiger partial charge in [0.1, 0.15) is 11.8 Å². The number of likely N-dealkylation sites (N-methyl/N-ethyl adjacent to an activating group) is 1. The normalized spacial score (nSPS) is 13.9. The molecule has 0 aromatic heterocycles. The Morgan fingerprint density at radius 1 is 1.08 bits per heavy atom. The minimum absolute atomic E-state index is 0.349. The van der Waals surface area contributed by atoms with E-state index in [-0.39, 0.29) is 6.04 Å². The van der Waals surface area contributed by atoms with Crippen LogP contribution in [0.4, 0.5) is 0 Å². The number of carbonyl (C=O) groups is 1. The highest BCUT2D eigenvalue weighted by atomic mass is 32.2. The van der Waals surface area contributed by atoms with Crippen LogP contribution in [0.2, 0.25) is 0 Å². The number of hydrogen-bond donors (Lipinski definition) is 1. The van der Waals surface area contributed by atoms with Crippen LogP contribution in [-0.4, -0.2) is 39.0 Å². The van der Waals surface area contributed by atoms with Crippen LogP contribution < -0.4 is 10.1 Å². The number of para-hydroxylation sites is 1. The molecule has 1 N–H and O–H groups in total. The molecule has 0 saturated heterocycles. The first-order chi connectivity index (χ1) is 12.3. The molecule has 2 atom stereocenters. The lowest BCUT2D eigenvalue weighted by Crippen LogP contribution is -2.42. The van der Waals surface area contributed by atoms with Gasteiger partial charge in [-0.15, -0.1) is 0 Å². The Morgan fingerprint density at radius 3 is 2.23 bits per heavy atom. The summed E-state index contributed by atoms with van der Waals surface area (Å²) in [6.45, 7) is 1.83. The highest BCUT2D eigenvalue weighted by molar-refractivity contribution is 7.88. The fraction of sp³-hybridized carbons (Fsp3) is 0.316. The van der Waals surface area contributed by atoms with Crippen molar-refractivity contribution in [2.45, 2.75) is 19.0 Å². The largest absolute Gasteiger partial charge is 0.496 e. The summed E-state index contributed by atoms with van der Waals surface area (Å²) in [6.07, 6.45) is 1.08. The number of ether oxygens (including phenoxy) is 1. The molecule has 2 rings (SSSR count). The van der Waals surface area contributed by atoms with Gasteiger partial charge < -0.3 is 10.1 Å². The predicted molar refractivity (Wildman–Crippen MR) is 101 cm³/mol. The lowest BCUT2D eigenvalue weighted by Gasteiger charge is -2.27. The second-order valence-corrected chi connectivity index (χ2v) is 8.11. The van der Waals surface area contributed by atoms with E-state index in [2.05, 4.69) is 5.32 Å². The summed E-state index contributed by atoms with van der Waals surface area (Å²) in [4.78, 5) is 13.0. The zero-order valence-electron chi connectivity index (χ0n) is 15.3. The van der Waals surface area contributed by atoms with Gasteiger partial charge >= 0.3 is 0 Å². The van der Waals surface area contributed by atoms with Crippen LogP contribution in [0.25, 0.3) is 0 Å². The van der Waals surface area contributed by atoms with E-state index < -0.39 is 22.0 Å². The van der Waals surface area contributed by atoms with Crippen LogP contribution in [0.3, 0.4) is 0 Å². The van der Waals surface area contributed by atoms with Crippen LogP contribution in [0.5, 0.6) is 5.75 Å². The zero-order chi connectivity index (χ0) is 19.3. The Balaban J connectivity index is 2.32. The molecule has 1 amide bonds. The molecule has 0 aliphatic heterocycles. The summed E-state index contributed by atoms with van der Waals surface area (Å²) in [6, 6.07) is 14.9. The van der Waals surface area contributed by atoms with Crippen LogP contribution in [0.15, 0.2) is 54.6 Å². The van der Waals surface area contributed by atoms with Crippen molar-refractivity contribution >= 4 is 15.9 Å². The lowest BCUT2D eigenvalue weighted by molar-refractivity contribution is -0.125. The Hall–Kier alpha value is -2.38. The van der Waals surface area contributed by atoms with Crippen molar-refractivity contribution in [2.75, 3.05) is 20.4 Å². The number of sulfonamides is 1. The molecule has 0 bridgehead atoms. The maximum atomic E-state index is 13.0. The van der Waals surface area contributed by atoms with Gasteiger partial charge in [-0.1, -0.05) is 48.5 Å². The minimum atomic E-state index is -3.56. The summed E-state index contributed by atoms with van der Waals surface area (Å²) in [5.41, 5.74) is 1.42. The third kappa shape index (κ3) is 4.62. The Morgan fingerprint density at radius 2 is 1.65 bits per heavy atom. The number of rotatable bonds is 7. The van der Waals surface area contributed by atoms with Crippen molar-refractivity contribution in [3.8, 4) is 5.75 Å². The van der Waals surface area contributed by atoms with E-state index in [4.69, 9.17) is 4.74 Å². The van der Waals surface area contributed by atoms with Gasteiger partial charge in [0.25, 0.3) is 0 Å². The molecule has 0 radical (unpaired) electrons. The Kier molecular flexibility index (Phi) is 6.39. The molecular formula is C19H24N2O4S. The number of carbonyl (C=O) groups excluding carboxylic acids is 1. The number of benzene rings is 2. The van der Waals surface area contributed by atoms with E-state index in [9.17, 15) is 13.2 Å². The molecule has 0 fully saturated rings. The van der Waals surface area contributed by atoms with Crippen molar-refractivity contribution < 1.29 is 17.9 Å². The molecule has 6 nitrogen and oxygen atoms in total. The van der Waals surface area contributed by atoms with E-state index >= 15 is 0 Å². The standard InChI is InChI=1S/C19H24N2O4S/c1-14(16-12-8-9-13-17(16)25-3)20-19(22)18(21(2)26(4,23)24)15-10-6-5-7-11-15/h5-14,18H,1-4H3,(H,20,22)/t14-,18-/m1/s1. The summed E-state index contributed by atoms with van der Waals surface area (Å²) in [7, 11) is -0.590. The molecule has 0 heterocycles. The van der Waals surface area contributed by atoms with Crippen molar-refractivity contribution in [3.05, 3.63) is 65.7 Å². The van der Waals surface area contributed by atoms with Gasteiger partial charge in [0.05, 0.1) is 19.4 Å². The van der Waals surface area contributed by atoms with E-state index in [1.165, 1.54) is 7.05 Å². The molecule has 0 aliphatic carbocycles.